The lowest BCUT2D eigenvalue weighted by molar-refractivity contribution is 0.0303. The molecule has 1 fully saturated rings. The average Bonchev–Trinajstić information content (AvgIpc) is 2.73. The van der Waals surface area contributed by atoms with E-state index < -0.39 is 0 Å². The van der Waals surface area contributed by atoms with E-state index in [0.717, 1.165) is 11.4 Å². The number of pyridine rings is 1. The van der Waals surface area contributed by atoms with E-state index in [0.29, 0.717) is 44.1 Å². The van der Waals surface area contributed by atoms with Crippen molar-refractivity contribution in [2.75, 3.05) is 50.6 Å². The first kappa shape index (κ1) is 19.6. The maximum absolute atomic E-state index is 12.8. The summed E-state index contributed by atoms with van der Waals surface area (Å²) in [5.41, 5.74) is 1.84. The topological polar surface area (TPSA) is 86.8 Å². The molecule has 2 heterocycles. The van der Waals surface area contributed by atoms with Crippen molar-refractivity contribution in [2.24, 2.45) is 0 Å². The van der Waals surface area contributed by atoms with Gasteiger partial charge in [-0.05, 0) is 23.8 Å². The molecule has 3 rings (SSSR count). The summed E-state index contributed by atoms with van der Waals surface area (Å²) in [5.74, 6) is 0.742. The van der Waals surface area contributed by atoms with Gasteiger partial charge in [0.1, 0.15) is 5.82 Å². The molecule has 0 saturated carbocycles. The maximum atomic E-state index is 12.8. The summed E-state index contributed by atoms with van der Waals surface area (Å²) in [7, 11) is 3.84. The Morgan fingerprint density at radius 2 is 1.89 bits per heavy atom. The van der Waals surface area contributed by atoms with Crippen LogP contribution >= 0.6 is 0 Å². The quantitative estimate of drug-likeness (QED) is 0.824. The van der Waals surface area contributed by atoms with Crippen LogP contribution in [0.25, 0.3) is 0 Å². The fourth-order valence-corrected chi connectivity index (χ4v) is 2.85. The third-order valence-corrected chi connectivity index (χ3v) is 4.42. The van der Waals surface area contributed by atoms with Gasteiger partial charge in [-0.2, -0.15) is 0 Å². The van der Waals surface area contributed by atoms with E-state index in [1.807, 2.05) is 31.1 Å². The fraction of sp³-hybridized carbons (Fsp3) is 0.350. The zero-order chi connectivity index (χ0) is 19.9. The summed E-state index contributed by atoms with van der Waals surface area (Å²) in [4.78, 5) is 33.0. The van der Waals surface area contributed by atoms with Crippen LogP contribution in [0.3, 0.4) is 0 Å². The lowest BCUT2D eigenvalue weighted by atomic mass is 10.1. The highest BCUT2D eigenvalue weighted by Gasteiger charge is 2.21. The van der Waals surface area contributed by atoms with Gasteiger partial charge in [-0.1, -0.05) is 18.2 Å². The van der Waals surface area contributed by atoms with Crippen LogP contribution in [0.1, 0.15) is 15.9 Å². The predicted octanol–water partition coefficient (Wildman–Crippen LogP) is 1.94. The molecule has 28 heavy (non-hydrogen) atoms. The Morgan fingerprint density at radius 3 is 2.57 bits per heavy atom. The van der Waals surface area contributed by atoms with E-state index in [1.54, 1.807) is 35.4 Å². The Labute approximate surface area is 164 Å². The Kier molecular flexibility index (Phi) is 6.44. The fourth-order valence-electron chi connectivity index (χ4n) is 2.85. The van der Waals surface area contributed by atoms with Gasteiger partial charge in [-0.15, -0.1) is 0 Å². The second kappa shape index (κ2) is 9.18. The summed E-state index contributed by atoms with van der Waals surface area (Å²) in [6.07, 6.45) is 1.73. The predicted molar refractivity (Wildman–Crippen MR) is 108 cm³/mol. The van der Waals surface area contributed by atoms with E-state index in [4.69, 9.17) is 4.74 Å². The lowest BCUT2D eigenvalue weighted by Crippen LogP contribution is -2.41. The average molecular weight is 383 g/mol. The summed E-state index contributed by atoms with van der Waals surface area (Å²) < 4.78 is 5.29. The van der Waals surface area contributed by atoms with E-state index in [1.165, 1.54) is 0 Å². The molecule has 1 saturated heterocycles. The third kappa shape index (κ3) is 4.98. The van der Waals surface area contributed by atoms with E-state index >= 15 is 0 Å². The SMILES string of the molecule is CN(C)c1ccc(CNC(=O)Nc2ccccc2C(=O)N2CCOCC2)cn1. The minimum Gasteiger partial charge on any atom is -0.378 e. The molecule has 0 radical (unpaired) electrons. The van der Waals surface area contributed by atoms with Crippen LogP contribution in [0.5, 0.6) is 0 Å². The molecule has 0 spiro atoms. The van der Waals surface area contributed by atoms with Crippen molar-refractivity contribution in [3.63, 3.8) is 0 Å². The molecule has 0 aliphatic carbocycles. The molecule has 2 N–H and O–H groups in total. The van der Waals surface area contributed by atoms with Crippen molar-refractivity contribution in [1.29, 1.82) is 0 Å². The number of carbonyl (C=O) groups excluding carboxylic acids is 2. The Hall–Kier alpha value is -3.13. The number of benzene rings is 1. The number of ether oxygens (including phenoxy) is 1. The van der Waals surface area contributed by atoms with Gasteiger partial charge in [0.15, 0.2) is 0 Å². The number of carbonyl (C=O) groups is 2. The number of aromatic nitrogens is 1. The van der Waals surface area contributed by atoms with Crippen molar-refractivity contribution in [3.05, 3.63) is 53.7 Å². The Morgan fingerprint density at radius 1 is 1.14 bits per heavy atom. The van der Waals surface area contributed by atoms with Gasteiger partial charge < -0.3 is 25.2 Å². The second-order valence-corrected chi connectivity index (χ2v) is 6.68. The minimum atomic E-state index is -0.376. The number of amides is 3. The largest absolute Gasteiger partial charge is 0.378 e. The second-order valence-electron chi connectivity index (χ2n) is 6.68. The summed E-state index contributed by atoms with van der Waals surface area (Å²) in [6, 6.07) is 10.4. The van der Waals surface area contributed by atoms with E-state index in [2.05, 4.69) is 15.6 Å². The number of nitrogens with one attached hydrogen (secondary N) is 2. The molecule has 1 aliphatic rings. The van der Waals surface area contributed by atoms with Crippen molar-refractivity contribution in [1.82, 2.24) is 15.2 Å². The van der Waals surface area contributed by atoms with Crippen LogP contribution in [-0.2, 0) is 11.3 Å². The van der Waals surface area contributed by atoms with Crippen molar-refractivity contribution in [3.8, 4) is 0 Å². The molecule has 0 atom stereocenters. The highest BCUT2D eigenvalue weighted by molar-refractivity contribution is 6.03. The normalized spacial score (nSPS) is 13.7. The molecule has 0 bridgehead atoms. The molecule has 2 aromatic rings. The van der Waals surface area contributed by atoms with Gasteiger partial charge in [-0.25, -0.2) is 9.78 Å². The molecule has 1 aliphatic heterocycles. The van der Waals surface area contributed by atoms with Crippen LogP contribution < -0.4 is 15.5 Å². The number of hydrogen-bond acceptors (Lipinski definition) is 5. The maximum Gasteiger partial charge on any atom is 0.319 e. The zero-order valence-electron chi connectivity index (χ0n) is 16.1. The number of rotatable bonds is 5. The number of anilines is 2. The first-order chi connectivity index (χ1) is 13.5. The summed E-state index contributed by atoms with van der Waals surface area (Å²) in [5, 5.41) is 5.57. The first-order valence-electron chi connectivity index (χ1n) is 9.18. The Balaban J connectivity index is 1.60. The van der Waals surface area contributed by atoms with E-state index in [-0.39, 0.29) is 11.9 Å². The van der Waals surface area contributed by atoms with Gasteiger partial charge in [0.05, 0.1) is 24.5 Å². The molecule has 148 valence electrons. The number of hydrogen-bond donors (Lipinski definition) is 2. The molecule has 3 amide bonds. The molecule has 8 heteroatoms. The molecule has 1 aromatic carbocycles. The molecule has 1 aromatic heterocycles. The van der Waals surface area contributed by atoms with Crippen molar-refractivity contribution < 1.29 is 14.3 Å². The highest BCUT2D eigenvalue weighted by atomic mass is 16.5. The molecular weight excluding hydrogens is 358 g/mol. The van der Waals surface area contributed by atoms with Crippen LogP contribution in [0.2, 0.25) is 0 Å². The third-order valence-electron chi connectivity index (χ3n) is 4.42. The molecule has 8 nitrogen and oxygen atoms in total. The van der Waals surface area contributed by atoms with Crippen LogP contribution in [-0.4, -0.2) is 62.2 Å². The number of nitrogens with zero attached hydrogens (tertiary/aromatic N) is 3. The lowest BCUT2D eigenvalue weighted by Gasteiger charge is -2.27. The number of para-hydroxylation sites is 1. The van der Waals surface area contributed by atoms with Gasteiger partial charge in [-0.3, -0.25) is 4.79 Å². The van der Waals surface area contributed by atoms with Crippen molar-refractivity contribution in [2.45, 2.75) is 6.54 Å². The minimum absolute atomic E-state index is 0.109. The van der Waals surface area contributed by atoms with Gasteiger partial charge in [0.25, 0.3) is 5.91 Å². The van der Waals surface area contributed by atoms with Gasteiger partial charge >= 0.3 is 6.03 Å². The van der Waals surface area contributed by atoms with Gasteiger partial charge in [0, 0.05) is 39.9 Å². The first-order valence-corrected chi connectivity index (χ1v) is 9.18. The monoisotopic (exact) mass is 383 g/mol. The van der Waals surface area contributed by atoms with Crippen LogP contribution in [0.4, 0.5) is 16.3 Å². The highest BCUT2D eigenvalue weighted by Crippen LogP contribution is 2.18. The van der Waals surface area contributed by atoms with Gasteiger partial charge in [0.2, 0.25) is 0 Å². The van der Waals surface area contributed by atoms with Crippen LogP contribution in [0, 0.1) is 0 Å². The summed E-state index contributed by atoms with van der Waals surface area (Å²) in [6.45, 7) is 2.50. The molecular formula is C20H25N5O3. The molecule has 0 unspecified atom stereocenters. The zero-order valence-corrected chi connectivity index (χ0v) is 16.1. The number of morpholine rings is 1. The Bertz CT molecular complexity index is 817. The van der Waals surface area contributed by atoms with E-state index in [9.17, 15) is 9.59 Å². The van der Waals surface area contributed by atoms with Crippen LogP contribution in [0.15, 0.2) is 42.6 Å². The van der Waals surface area contributed by atoms with Crippen molar-refractivity contribution >= 4 is 23.4 Å². The standard InChI is InChI=1S/C20H25N5O3/c1-24(2)18-8-7-15(13-21-18)14-22-20(27)23-17-6-4-3-5-16(17)19(26)25-9-11-28-12-10-25/h3-8,13H,9-12,14H2,1-2H3,(H2,22,23,27). The smallest absolute Gasteiger partial charge is 0.319 e. The number of urea groups is 1. The summed E-state index contributed by atoms with van der Waals surface area (Å²) >= 11 is 0.